The van der Waals surface area contributed by atoms with Gasteiger partial charge in [0.05, 0.1) is 84.1 Å². The Morgan fingerprint density at radius 3 is 1.27 bits per heavy atom. The van der Waals surface area contributed by atoms with Crippen molar-refractivity contribution in [2.75, 3.05) is 146 Å². The first-order valence-electron chi connectivity index (χ1n) is 20.9. The smallest absolute Gasteiger partial charge is 0.255 e. The number of piperidine rings is 2. The molecule has 0 radical (unpaired) electrons. The maximum absolute atomic E-state index is 12.9. The van der Waals surface area contributed by atoms with Crippen molar-refractivity contribution in [1.82, 2.24) is 40.0 Å². The molecule has 63 heavy (non-hydrogen) atoms. The number of ether oxygens (including phenoxy) is 4. The Morgan fingerprint density at radius 1 is 0.603 bits per heavy atom. The topological polar surface area (TPSA) is 232 Å². The number of nitrogens with one attached hydrogen (secondary N) is 2. The molecule has 2 aromatic carbocycles. The van der Waals surface area contributed by atoms with E-state index in [1.807, 2.05) is 9.80 Å². The molecule has 352 valence electrons. The Kier molecular flexibility index (Phi) is 19.8. The lowest BCUT2D eigenvalue weighted by atomic mass is 10.0. The van der Waals surface area contributed by atoms with Gasteiger partial charge in [0.1, 0.15) is 11.5 Å². The van der Waals surface area contributed by atoms with E-state index in [0.717, 1.165) is 52.4 Å². The second kappa shape index (κ2) is 24.2. The number of carbonyl (C=O) groups excluding carboxylic acids is 4. The van der Waals surface area contributed by atoms with Crippen LogP contribution in [-0.4, -0.2) is 217 Å². The van der Waals surface area contributed by atoms with E-state index >= 15 is 0 Å². The van der Waals surface area contributed by atoms with Gasteiger partial charge in [-0.05, 0) is 39.1 Å². The van der Waals surface area contributed by atoms with Crippen LogP contribution < -0.4 is 31.6 Å². The van der Waals surface area contributed by atoms with Gasteiger partial charge in [0, 0.05) is 105 Å². The zero-order valence-electron chi connectivity index (χ0n) is 37.3. The Labute approximate surface area is 380 Å². The van der Waals surface area contributed by atoms with Crippen molar-refractivity contribution < 1.29 is 43.6 Å². The quantitative estimate of drug-likeness (QED) is 0.209. The Bertz CT molecular complexity index is 1730. The minimum atomic E-state index is -0.298. The molecule has 19 nitrogen and oxygen atoms in total. The Hall–Kier alpha value is -4.18. The number of likely N-dealkylation sites (tertiary alicyclic amines) is 2. The molecule has 4 saturated heterocycles. The number of nitrogens with zero attached hydrogens (tertiary/aromatic N) is 6. The van der Waals surface area contributed by atoms with E-state index in [1.54, 1.807) is 14.2 Å². The van der Waals surface area contributed by atoms with Gasteiger partial charge in [-0.2, -0.15) is 0 Å². The number of nitrogen functional groups attached to an aromatic ring is 2. The molecular weight excluding hydrogens is 859 g/mol. The van der Waals surface area contributed by atoms with Crippen LogP contribution in [0.15, 0.2) is 24.3 Å². The summed E-state index contributed by atoms with van der Waals surface area (Å²) < 4.78 is 21.9. The van der Waals surface area contributed by atoms with E-state index in [-0.39, 0.29) is 53.4 Å². The molecule has 4 fully saturated rings. The number of hydrogen-bond donors (Lipinski definition) is 4. The summed E-state index contributed by atoms with van der Waals surface area (Å²) in [5, 5.41) is 6.65. The molecule has 0 aliphatic carbocycles. The first kappa shape index (κ1) is 51.5. The lowest BCUT2D eigenvalue weighted by molar-refractivity contribution is -0.135. The highest BCUT2D eigenvalue weighted by molar-refractivity contribution is 6.34. The standard InChI is InChI=1S/2C21H32ClN5O4.H2O/c2*1-25-6-8-27(9-7-25)20(28)13-26-5-4-17(19(12-26)31-3)24-21(29)14-10-15(22)16(23)11-18(14)30-2;/h2*10-11,17,19H,4-9,12-13,23H2,1-3H3,(H,24,29);1H2. The Morgan fingerprint density at radius 2 is 0.952 bits per heavy atom. The van der Waals surface area contributed by atoms with Gasteiger partial charge in [0.25, 0.3) is 11.8 Å². The molecule has 4 aliphatic rings. The summed E-state index contributed by atoms with van der Waals surface area (Å²) in [6.45, 7) is 9.94. The van der Waals surface area contributed by atoms with Crippen LogP contribution in [-0.2, 0) is 19.1 Å². The van der Waals surface area contributed by atoms with E-state index in [0.29, 0.717) is 96.2 Å². The summed E-state index contributed by atoms with van der Waals surface area (Å²) in [5.41, 5.74) is 13.0. The number of rotatable bonds is 12. The second-order valence-corrected chi connectivity index (χ2v) is 17.1. The predicted molar refractivity (Wildman–Crippen MR) is 243 cm³/mol. The van der Waals surface area contributed by atoms with Crippen LogP contribution in [0.2, 0.25) is 10.0 Å². The molecule has 2 aromatic rings. The maximum atomic E-state index is 12.9. The molecule has 4 aliphatic heterocycles. The summed E-state index contributed by atoms with van der Waals surface area (Å²) >= 11 is 12.2. The Balaban J connectivity index is 0.000000272. The minimum absolute atomic E-state index is 0. The van der Waals surface area contributed by atoms with E-state index < -0.39 is 0 Å². The number of halogens is 2. The third-order valence-electron chi connectivity index (χ3n) is 12.1. The summed E-state index contributed by atoms with van der Waals surface area (Å²) in [4.78, 5) is 63.6. The van der Waals surface area contributed by atoms with Gasteiger partial charge in [-0.1, -0.05) is 23.2 Å². The van der Waals surface area contributed by atoms with Crippen molar-refractivity contribution in [3.05, 3.63) is 45.4 Å². The second-order valence-electron chi connectivity index (χ2n) is 16.3. The third kappa shape index (κ3) is 13.9. The predicted octanol–water partition coefficient (Wildman–Crippen LogP) is 0.223. The van der Waals surface area contributed by atoms with Gasteiger partial charge >= 0.3 is 0 Å². The van der Waals surface area contributed by atoms with Crippen LogP contribution in [0.5, 0.6) is 11.5 Å². The number of benzene rings is 2. The molecule has 4 amide bonds. The monoisotopic (exact) mass is 924 g/mol. The summed E-state index contributed by atoms with van der Waals surface area (Å²) in [7, 11) is 10.3. The van der Waals surface area contributed by atoms with E-state index in [9.17, 15) is 19.2 Å². The molecule has 8 N–H and O–H groups in total. The number of hydrogen-bond acceptors (Lipinski definition) is 14. The van der Waals surface area contributed by atoms with Gasteiger partial charge in [0.2, 0.25) is 11.8 Å². The molecular formula is C42H66Cl2N10O9. The summed E-state index contributed by atoms with van der Waals surface area (Å²) in [6.07, 6.45) is 0.887. The largest absolute Gasteiger partial charge is 0.496 e. The molecule has 0 bridgehead atoms. The van der Waals surface area contributed by atoms with Crippen molar-refractivity contribution in [2.24, 2.45) is 0 Å². The highest BCUT2D eigenvalue weighted by Crippen LogP contribution is 2.30. The van der Waals surface area contributed by atoms with Crippen LogP contribution in [0.3, 0.4) is 0 Å². The third-order valence-corrected chi connectivity index (χ3v) is 12.7. The zero-order valence-corrected chi connectivity index (χ0v) is 38.8. The van der Waals surface area contributed by atoms with E-state index in [1.165, 1.54) is 38.5 Å². The molecule has 4 atom stereocenters. The first-order valence-corrected chi connectivity index (χ1v) is 21.7. The van der Waals surface area contributed by atoms with Crippen LogP contribution >= 0.6 is 23.2 Å². The van der Waals surface area contributed by atoms with Gasteiger partial charge in [-0.25, -0.2) is 0 Å². The summed E-state index contributed by atoms with van der Waals surface area (Å²) in [5.74, 6) is 0.422. The highest BCUT2D eigenvalue weighted by Gasteiger charge is 2.35. The summed E-state index contributed by atoms with van der Waals surface area (Å²) in [6, 6.07) is 5.73. The van der Waals surface area contributed by atoms with E-state index in [4.69, 9.17) is 53.6 Å². The lowest BCUT2D eigenvalue weighted by Gasteiger charge is -2.39. The molecule has 0 aromatic heterocycles. The molecule has 0 spiro atoms. The van der Waals surface area contributed by atoms with Crippen LogP contribution in [0, 0.1) is 0 Å². The van der Waals surface area contributed by atoms with Crippen LogP contribution in [0.25, 0.3) is 0 Å². The zero-order chi connectivity index (χ0) is 45.1. The molecule has 4 heterocycles. The van der Waals surface area contributed by atoms with Crippen LogP contribution in [0.1, 0.15) is 33.6 Å². The fraction of sp³-hybridized carbons (Fsp3) is 0.619. The lowest BCUT2D eigenvalue weighted by Crippen LogP contribution is -2.57. The molecule has 6 rings (SSSR count). The van der Waals surface area contributed by atoms with E-state index in [2.05, 4.69) is 44.3 Å². The number of nitrogens with two attached hydrogens (primary N) is 2. The molecule has 21 heteroatoms. The minimum Gasteiger partial charge on any atom is -0.496 e. The number of amides is 4. The van der Waals surface area contributed by atoms with Crippen molar-refractivity contribution in [3.63, 3.8) is 0 Å². The number of methoxy groups -OCH3 is 4. The average molecular weight is 926 g/mol. The number of carbonyl (C=O) groups is 4. The first-order chi connectivity index (χ1) is 29.6. The van der Waals surface area contributed by atoms with Crippen molar-refractivity contribution in [1.29, 1.82) is 0 Å². The number of anilines is 2. The van der Waals surface area contributed by atoms with Crippen molar-refractivity contribution in [2.45, 2.75) is 37.1 Å². The molecule has 0 saturated carbocycles. The fourth-order valence-electron chi connectivity index (χ4n) is 8.07. The number of likely N-dealkylation sites (N-methyl/N-ethyl adjacent to an activating group) is 2. The fourth-order valence-corrected chi connectivity index (χ4v) is 8.40. The van der Waals surface area contributed by atoms with Gasteiger partial charge < -0.3 is 66.1 Å². The van der Waals surface area contributed by atoms with Gasteiger partial charge in [-0.3, -0.25) is 29.0 Å². The number of piperazine rings is 2. The highest BCUT2D eigenvalue weighted by atomic mass is 35.5. The normalized spacial score (nSPS) is 22.5. The van der Waals surface area contributed by atoms with Crippen LogP contribution in [0.4, 0.5) is 11.4 Å². The van der Waals surface area contributed by atoms with Crippen molar-refractivity contribution in [3.8, 4) is 11.5 Å². The van der Waals surface area contributed by atoms with Gasteiger partial charge in [-0.15, -0.1) is 0 Å². The molecule has 4 unspecified atom stereocenters. The maximum Gasteiger partial charge on any atom is 0.255 e. The van der Waals surface area contributed by atoms with Gasteiger partial charge in [0.15, 0.2) is 0 Å². The average Bonchev–Trinajstić information content (AvgIpc) is 3.26. The SMILES string of the molecule is COc1cc(N)c(Cl)cc1C(=O)NC1CCN(CC(=O)N2CCN(C)CC2)CC1OC.COc1cc(N)c(Cl)cc1C(=O)NC1CCN(CC(=O)N2CCN(C)CC2)CC1OC.O. The van der Waals surface area contributed by atoms with Crippen molar-refractivity contribution >= 4 is 58.2 Å².